The zero-order valence-corrected chi connectivity index (χ0v) is 11.7. The van der Waals surface area contributed by atoms with Gasteiger partial charge in [-0.25, -0.2) is 4.98 Å². The van der Waals surface area contributed by atoms with Gasteiger partial charge < -0.3 is 14.8 Å². The number of aliphatic hydroxyl groups excluding tert-OH is 1. The van der Waals surface area contributed by atoms with Crippen LogP contribution in [0.15, 0.2) is 4.79 Å². The first-order valence-electron chi connectivity index (χ1n) is 6.89. The minimum atomic E-state index is -0.445. The molecule has 0 atom stereocenters. The summed E-state index contributed by atoms with van der Waals surface area (Å²) in [5.41, 5.74) is 0.654. The molecule has 1 aliphatic rings. The molecule has 1 saturated carbocycles. The first-order valence-corrected chi connectivity index (χ1v) is 6.89. The van der Waals surface area contributed by atoms with Crippen molar-refractivity contribution in [2.75, 3.05) is 13.7 Å². The third-order valence-electron chi connectivity index (χ3n) is 4.07. The highest BCUT2D eigenvalue weighted by molar-refractivity contribution is 5.19. The van der Waals surface area contributed by atoms with Crippen LogP contribution in [0.25, 0.3) is 0 Å². The van der Waals surface area contributed by atoms with Crippen LogP contribution in [0.3, 0.4) is 0 Å². The van der Waals surface area contributed by atoms with Gasteiger partial charge in [-0.15, -0.1) is 0 Å². The van der Waals surface area contributed by atoms with Gasteiger partial charge in [0.25, 0.3) is 5.56 Å². The van der Waals surface area contributed by atoms with Crippen molar-refractivity contribution in [3.63, 3.8) is 0 Å². The average Bonchev–Trinajstić information content (AvgIpc) is 2.43. The maximum atomic E-state index is 12.1. The number of aromatic nitrogens is 2. The van der Waals surface area contributed by atoms with Crippen molar-refractivity contribution < 1.29 is 9.84 Å². The van der Waals surface area contributed by atoms with E-state index in [1.807, 2.05) is 6.92 Å². The van der Waals surface area contributed by atoms with E-state index in [4.69, 9.17) is 9.84 Å². The maximum absolute atomic E-state index is 12.1. The number of rotatable bonds is 4. The summed E-state index contributed by atoms with van der Waals surface area (Å²) in [4.78, 5) is 19.5. The van der Waals surface area contributed by atoms with Crippen LogP contribution in [0, 0.1) is 6.92 Å². The normalized spacial score (nSPS) is 18.5. The Bertz CT molecular complexity index is 490. The minimum Gasteiger partial charge on any atom is -0.396 e. The van der Waals surface area contributed by atoms with Gasteiger partial charge in [0.05, 0.1) is 0 Å². The Hall–Kier alpha value is -1.20. The lowest BCUT2D eigenvalue weighted by molar-refractivity contribution is -0.0518. The van der Waals surface area contributed by atoms with Gasteiger partial charge in [0, 0.05) is 31.4 Å². The molecule has 1 fully saturated rings. The summed E-state index contributed by atoms with van der Waals surface area (Å²) in [5, 5.41) is 8.98. The first-order chi connectivity index (χ1) is 9.13. The molecule has 1 aromatic heterocycles. The van der Waals surface area contributed by atoms with Gasteiger partial charge in [-0.05, 0) is 19.8 Å². The second-order valence-corrected chi connectivity index (χ2v) is 5.21. The van der Waals surface area contributed by atoms with Crippen LogP contribution >= 0.6 is 0 Å². The Balaban J connectivity index is 2.42. The fourth-order valence-corrected chi connectivity index (χ4v) is 2.89. The summed E-state index contributed by atoms with van der Waals surface area (Å²) >= 11 is 0. The molecule has 0 bridgehead atoms. The lowest BCUT2D eigenvalue weighted by atomic mass is 9.84. The first kappa shape index (κ1) is 14.2. The molecule has 106 valence electrons. The van der Waals surface area contributed by atoms with E-state index < -0.39 is 5.60 Å². The van der Waals surface area contributed by atoms with Crippen molar-refractivity contribution in [2.45, 2.75) is 51.0 Å². The quantitative estimate of drug-likeness (QED) is 0.864. The molecular formula is C14H22N2O3. The van der Waals surface area contributed by atoms with Crippen molar-refractivity contribution in [3.8, 4) is 0 Å². The summed E-state index contributed by atoms with van der Waals surface area (Å²) in [6.45, 7) is 1.77. The zero-order valence-electron chi connectivity index (χ0n) is 11.7. The number of aryl methyl sites for hydroxylation is 1. The molecule has 1 heterocycles. The van der Waals surface area contributed by atoms with Gasteiger partial charge in [-0.2, -0.15) is 0 Å². The number of hydrogen-bond acceptors (Lipinski definition) is 4. The fraction of sp³-hybridized carbons (Fsp3) is 0.714. The second-order valence-electron chi connectivity index (χ2n) is 5.21. The number of nitrogens with zero attached hydrogens (tertiary/aromatic N) is 1. The Labute approximate surface area is 113 Å². The largest absolute Gasteiger partial charge is 0.396 e. The lowest BCUT2D eigenvalue weighted by Crippen LogP contribution is -2.36. The summed E-state index contributed by atoms with van der Waals surface area (Å²) < 4.78 is 5.69. The van der Waals surface area contributed by atoms with Crippen LogP contribution in [0.4, 0.5) is 0 Å². The van der Waals surface area contributed by atoms with E-state index in [2.05, 4.69) is 9.97 Å². The molecule has 1 aliphatic carbocycles. The highest BCUT2D eigenvalue weighted by atomic mass is 16.5. The molecule has 0 aromatic carbocycles. The SMILES string of the molecule is COC1(c2nc(C)c(CCO)c(=O)[nH]2)CCCCC1. The van der Waals surface area contributed by atoms with Crippen LogP contribution in [-0.2, 0) is 16.8 Å². The number of hydrogen-bond donors (Lipinski definition) is 2. The van der Waals surface area contributed by atoms with Gasteiger partial charge in [0.2, 0.25) is 0 Å². The molecule has 2 rings (SSSR count). The second kappa shape index (κ2) is 5.84. The molecule has 0 saturated heterocycles. The van der Waals surface area contributed by atoms with Crippen molar-refractivity contribution in [2.24, 2.45) is 0 Å². The molecule has 0 spiro atoms. The van der Waals surface area contributed by atoms with Crippen LogP contribution in [-0.4, -0.2) is 28.8 Å². The molecule has 2 N–H and O–H groups in total. The molecule has 0 radical (unpaired) electrons. The molecule has 19 heavy (non-hydrogen) atoms. The number of H-pyrrole nitrogens is 1. The Morgan fingerprint density at radius 2 is 2.05 bits per heavy atom. The van der Waals surface area contributed by atoms with Crippen LogP contribution in [0.5, 0.6) is 0 Å². The van der Waals surface area contributed by atoms with Crippen molar-refractivity contribution in [1.82, 2.24) is 9.97 Å². The Morgan fingerprint density at radius 3 is 2.58 bits per heavy atom. The van der Waals surface area contributed by atoms with Gasteiger partial charge in [0.15, 0.2) is 0 Å². The van der Waals surface area contributed by atoms with Crippen molar-refractivity contribution >= 4 is 0 Å². The zero-order chi connectivity index (χ0) is 13.9. The van der Waals surface area contributed by atoms with Crippen molar-refractivity contribution in [3.05, 3.63) is 27.4 Å². The lowest BCUT2D eigenvalue weighted by Gasteiger charge is -2.35. The molecule has 0 aliphatic heterocycles. The van der Waals surface area contributed by atoms with Crippen molar-refractivity contribution in [1.29, 1.82) is 0 Å². The monoisotopic (exact) mass is 266 g/mol. The van der Waals surface area contributed by atoms with E-state index in [0.717, 1.165) is 25.7 Å². The third kappa shape index (κ3) is 2.72. The summed E-state index contributed by atoms with van der Waals surface area (Å²) in [7, 11) is 1.68. The van der Waals surface area contributed by atoms with Gasteiger partial charge in [-0.1, -0.05) is 19.3 Å². The topological polar surface area (TPSA) is 75.2 Å². The Kier molecular flexibility index (Phi) is 4.37. The number of ether oxygens (including phenoxy) is 1. The summed E-state index contributed by atoms with van der Waals surface area (Å²) in [6.07, 6.45) is 5.52. The van der Waals surface area contributed by atoms with Crippen LogP contribution < -0.4 is 5.56 Å². The average molecular weight is 266 g/mol. The number of aromatic amines is 1. The summed E-state index contributed by atoms with van der Waals surface area (Å²) in [6, 6.07) is 0. The molecule has 5 heteroatoms. The molecule has 1 aromatic rings. The van der Waals surface area contributed by atoms with E-state index in [9.17, 15) is 4.79 Å². The highest BCUT2D eigenvalue weighted by Gasteiger charge is 2.36. The predicted molar refractivity (Wildman–Crippen MR) is 72.2 cm³/mol. The fourth-order valence-electron chi connectivity index (χ4n) is 2.89. The van der Waals surface area contributed by atoms with E-state index in [-0.39, 0.29) is 12.2 Å². The summed E-state index contributed by atoms with van der Waals surface area (Å²) in [5.74, 6) is 0.638. The van der Waals surface area contributed by atoms with E-state index in [0.29, 0.717) is 23.5 Å². The molecule has 0 unspecified atom stereocenters. The van der Waals surface area contributed by atoms with Crippen LogP contribution in [0.2, 0.25) is 0 Å². The standard InChI is InChI=1S/C14H22N2O3/c1-10-11(6-9-17)12(18)16-13(15-10)14(19-2)7-4-3-5-8-14/h17H,3-9H2,1-2H3,(H,15,16,18). The number of methoxy groups -OCH3 is 1. The van der Waals surface area contributed by atoms with E-state index in [1.165, 1.54) is 6.42 Å². The Morgan fingerprint density at radius 1 is 1.37 bits per heavy atom. The maximum Gasteiger partial charge on any atom is 0.254 e. The smallest absolute Gasteiger partial charge is 0.254 e. The van der Waals surface area contributed by atoms with Gasteiger partial charge in [0.1, 0.15) is 11.4 Å². The predicted octanol–water partition coefficient (Wildman–Crippen LogP) is 1.42. The molecular weight excluding hydrogens is 244 g/mol. The van der Waals surface area contributed by atoms with E-state index in [1.54, 1.807) is 7.11 Å². The number of nitrogens with one attached hydrogen (secondary N) is 1. The van der Waals surface area contributed by atoms with E-state index >= 15 is 0 Å². The number of aliphatic hydroxyl groups is 1. The highest BCUT2D eigenvalue weighted by Crippen LogP contribution is 2.37. The molecule has 0 amide bonds. The van der Waals surface area contributed by atoms with Gasteiger partial charge >= 0.3 is 0 Å². The minimum absolute atomic E-state index is 0.0413. The molecule has 5 nitrogen and oxygen atoms in total. The van der Waals surface area contributed by atoms with Crippen LogP contribution in [0.1, 0.15) is 49.2 Å². The third-order valence-corrected chi connectivity index (χ3v) is 4.07. The van der Waals surface area contributed by atoms with Gasteiger partial charge in [-0.3, -0.25) is 4.79 Å².